The maximum Gasteiger partial charge on any atom is 0.216 e. The highest BCUT2D eigenvalue weighted by Crippen LogP contribution is 1.67. The number of amides is 2. The second kappa shape index (κ2) is 20.7. The Morgan fingerprint density at radius 1 is 0.875 bits per heavy atom. The van der Waals surface area contributed by atoms with Gasteiger partial charge in [-0.05, 0) is 0 Å². The summed E-state index contributed by atoms with van der Waals surface area (Å²) in [4.78, 5) is 20.1. The summed E-state index contributed by atoms with van der Waals surface area (Å²) in [6.45, 7) is 4.31. The molecule has 16 heavy (non-hydrogen) atoms. The Morgan fingerprint density at radius 2 is 1.12 bits per heavy atom. The van der Waals surface area contributed by atoms with Gasteiger partial charge >= 0.3 is 0 Å². The standard InChI is InChI=1S/2C4H9NOS.H2S2/c2*1-4(6)5-2-3-7;1-2/h2*7H,2-3H2,1H3,(H,5,6);1-2H. The van der Waals surface area contributed by atoms with Crippen molar-refractivity contribution in [3.05, 3.63) is 0 Å². The van der Waals surface area contributed by atoms with Crippen LogP contribution < -0.4 is 10.6 Å². The molecule has 0 saturated carbocycles. The Bertz CT molecular complexity index is 152. The van der Waals surface area contributed by atoms with Crippen molar-refractivity contribution < 1.29 is 9.59 Å². The molecule has 0 radical (unpaired) electrons. The summed E-state index contributed by atoms with van der Waals surface area (Å²) in [5.74, 6) is 1.43. The van der Waals surface area contributed by atoms with Crippen LogP contribution in [0.15, 0.2) is 0 Å². The number of carbonyl (C=O) groups excluding carboxylic acids is 2. The van der Waals surface area contributed by atoms with Gasteiger partial charge in [0.05, 0.1) is 0 Å². The van der Waals surface area contributed by atoms with Gasteiger partial charge < -0.3 is 10.6 Å². The van der Waals surface area contributed by atoms with E-state index in [9.17, 15) is 9.59 Å². The second-order valence-electron chi connectivity index (χ2n) is 2.41. The Labute approximate surface area is 119 Å². The fourth-order valence-corrected chi connectivity index (χ4v) is 0.687. The molecule has 4 nitrogen and oxygen atoms in total. The maximum atomic E-state index is 10.1. The number of hydrogen-bond donors (Lipinski definition) is 6. The molecule has 0 spiro atoms. The summed E-state index contributed by atoms with van der Waals surface area (Å²) in [5.41, 5.74) is 0. The molecule has 0 heterocycles. The maximum absolute atomic E-state index is 10.1. The molecule has 0 aromatic carbocycles. The Hall–Kier alpha value is 0.340. The molecule has 0 aliphatic heterocycles. The van der Waals surface area contributed by atoms with Crippen molar-refractivity contribution in [2.75, 3.05) is 24.6 Å². The van der Waals surface area contributed by atoms with Crippen molar-refractivity contribution in [3.8, 4) is 0 Å². The normalized spacial score (nSPS) is 7.62. The highest BCUT2D eigenvalue weighted by molar-refractivity contribution is 8.59. The third-order valence-corrected chi connectivity index (χ3v) is 1.42. The zero-order valence-corrected chi connectivity index (χ0v) is 13.0. The van der Waals surface area contributed by atoms with Gasteiger partial charge in [-0.3, -0.25) is 9.59 Å². The van der Waals surface area contributed by atoms with Crippen molar-refractivity contribution in [1.82, 2.24) is 10.6 Å². The Kier molecular flexibility index (Phi) is 28.0. The zero-order chi connectivity index (χ0) is 13.4. The number of thiol groups is 4. The smallest absolute Gasteiger partial charge is 0.216 e. The Morgan fingerprint density at radius 3 is 1.19 bits per heavy atom. The van der Waals surface area contributed by atoms with Gasteiger partial charge in [-0.25, -0.2) is 0 Å². The van der Waals surface area contributed by atoms with E-state index in [2.05, 4.69) is 59.2 Å². The van der Waals surface area contributed by atoms with E-state index in [1.54, 1.807) is 0 Å². The van der Waals surface area contributed by atoms with Crippen LogP contribution in [0.1, 0.15) is 13.8 Å². The van der Waals surface area contributed by atoms with Crippen LogP contribution in [0.2, 0.25) is 0 Å². The average Bonchev–Trinajstić information content (AvgIpc) is 2.27. The monoisotopic (exact) mass is 304 g/mol. The molecule has 0 aliphatic carbocycles. The first-order valence-electron chi connectivity index (χ1n) is 4.45. The molecule has 98 valence electrons. The zero-order valence-electron chi connectivity index (χ0n) is 9.43. The van der Waals surface area contributed by atoms with Crippen LogP contribution in [-0.2, 0) is 9.59 Å². The minimum Gasteiger partial charge on any atom is -0.356 e. The van der Waals surface area contributed by atoms with E-state index in [0.717, 1.165) is 0 Å². The summed E-state index contributed by atoms with van der Waals surface area (Å²) in [7, 11) is 0. The molecule has 0 atom stereocenters. The molecule has 0 aromatic rings. The van der Waals surface area contributed by atoms with Crippen molar-refractivity contribution in [3.63, 3.8) is 0 Å². The molecular weight excluding hydrogens is 284 g/mol. The van der Waals surface area contributed by atoms with E-state index in [1.807, 2.05) is 0 Å². The van der Waals surface area contributed by atoms with E-state index >= 15 is 0 Å². The molecule has 0 saturated heterocycles. The quantitative estimate of drug-likeness (QED) is 0.345. The van der Waals surface area contributed by atoms with Gasteiger partial charge in [-0.1, -0.05) is 0 Å². The summed E-state index contributed by atoms with van der Waals surface area (Å²) in [6.07, 6.45) is 0. The first-order valence-corrected chi connectivity index (χ1v) is 7.31. The molecule has 0 fully saturated rings. The van der Waals surface area contributed by atoms with Crippen LogP contribution in [0.4, 0.5) is 0 Å². The SMILES string of the molecule is CC(=O)NCCS.CC(=O)NCCS.SS. The lowest BCUT2D eigenvalue weighted by Gasteiger charge is -1.93. The molecule has 0 aromatic heterocycles. The van der Waals surface area contributed by atoms with Crippen LogP contribution in [0.5, 0.6) is 0 Å². The average molecular weight is 305 g/mol. The molecule has 0 bridgehead atoms. The van der Waals surface area contributed by atoms with E-state index in [1.165, 1.54) is 13.8 Å². The van der Waals surface area contributed by atoms with E-state index < -0.39 is 0 Å². The van der Waals surface area contributed by atoms with Gasteiger partial charge in [-0.2, -0.15) is 25.3 Å². The topological polar surface area (TPSA) is 58.2 Å². The molecular formula is C8H20N2O2S4. The fraction of sp³-hybridized carbons (Fsp3) is 0.750. The van der Waals surface area contributed by atoms with Gasteiger partial charge in [0.15, 0.2) is 0 Å². The number of hydrogen-bond acceptors (Lipinski definition) is 6. The van der Waals surface area contributed by atoms with Crippen molar-refractivity contribution >= 4 is 60.4 Å². The van der Waals surface area contributed by atoms with Crippen LogP contribution in [0, 0.1) is 0 Å². The van der Waals surface area contributed by atoms with Gasteiger partial charge in [0, 0.05) is 38.4 Å². The molecule has 2 N–H and O–H groups in total. The molecule has 0 rings (SSSR count). The van der Waals surface area contributed by atoms with Gasteiger partial charge in [0.25, 0.3) is 0 Å². The predicted octanol–water partition coefficient (Wildman–Crippen LogP) is 0.866. The van der Waals surface area contributed by atoms with Crippen LogP contribution in [0.25, 0.3) is 0 Å². The van der Waals surface area contributed by atoms with E-state index in [4.69, 9.17) is 0 Å². The first kappa shape index (κ1) is 21.6. The third kappa shape index (κ3) is 36.7. The minimum absolute atomic E-state index is 0.00838. The Balaban J connectivity index is -0.000000183. The fourth-order valence-electron chi connectivity index (χ4n) is 0.464. The largest absolute Gasteiger partial charge is 0.356 e. The minimum atomic E-state index is 0.00838. The van der Waals surface area contributed by atoms with Gasteiger partial charge in [-0.15, -0.1) is 23.3 Å². The van der Waals surface area contributed by atoms with Crippen molar-refractivity contribution in [1.29, 1.82) is 0 Å². The number of carbonyl (C=O) groups is 2. The van der Waals surface area contributed by atoms with Crippen LogP contribution >= 0.6 is 48.6 Å². The number of nitrogens with one attached hydrogen (secondary N) is 2. The molecule has 0 unspecified atom stereocenters. The predicted molar refractivity (Wildman–Crippen MR) is 83.0 cm³/mol. The van der Waals surface area contributed by atoms with E-state index in [0.29, 0.717) is 24.6 Å². The van der Waals surface area contributed by atoms with Crippen molar-refractivity contribution in [2.45, 2.75) is 13.8 Å². The summed E-state index contributed by atoms with van der Waals surface area (Å²) >= 11 is 14.2. The van der Waals surface area contributed by atoms with Crippen LogP contribution in [0.3, 0.4) is 0 Å². The van der Waals surface area contributed by atoms with Crippen LogP contribution in [-0.4, -0.2) is 36.4 Å². The second-order valence-corrected chi connectivity index (χ2v) is 3.31. The van der Waals surface area contributed by atoms with Gasteiger partial charge in [0.1, 0.15) is 0 Å². The molecule has 2 amide bonds. The lowest BCUT2D eigenvalue weighted by atomic mass is 10.6. The third-order valence-electron chi connectivity index (χ3n) is 0.971. The molecule has 8 heteroatoms. The van der Waals surface area contributed by atoms with Crippen molar-refractivity contribution in [2.24, 2.45) is 0 Å². The summed E-state index contributed by atoms with van der Waals surface area (Å²) in [6, 6.07) is 0. The van der Waals surface area contributed by atoms with Gasteiger partial charge in [0.2, 0.25) is 11.8 Å². The van der Waals surface area contributed by atoms with E-state index in [-0.39, 0.29) is 11.8 Å². The summed E-state index contributed by atoms with van der Waals surface area (Å²) < 4.78 is 0. The highest BCUT2D eigenvalue weighted by Gasteiger charge is 1.84. The molecule has 0 aliphatic rings. The first-order chi connectivity index (χ1) is 7.54. The lowest BCUT2D eigenvalue weighted by Crippen LogP contribution is -2.21. The summed E-state index contributed by atoms with van der Waals surface area (Å²) in [5, 5.41) is 5.16. The lowest BCUT2D eigenvalue weighted by molar-refractivity contribution is -0.119. The number of rotatable bonds is 4. The highest BCUT2D eigenvalue weighted by atomic mass is 33.1.